The van der Waals surface area contributed by atoms with Gasteiger partial charge in [0, 0.05) is 19.4 Å². The van der Waals surface area contributed by atoms with Crippen LogP contribution in [0, 0.1) is 6.92 Å². The fourth-order valence-electron chi connectivity index (χ4n) is 3.80. The highest BCUT2D eigenvalue weighted by molar-refractivity contribution is 7.98. The van der Waals surface area contributed by atoms with Crippen molar-refractivity contribution in [3.8, 4) is 5.69 Å². The van der Waals surface area contributed by atoms with Crippen LogP contribution in [-0.4, -0.2) is 28.7 Å². The van der Waals surface area contributed by atoms with Crippen molar-refractivity contribution in [2.24, 2.45) is 7.05 Å². The van der Waals surface area contributed by atoms with Crippen molar-refractivity contribution in [1.82, 2.24) is 28.7 Å². The number of halogens is 3. The van der Waals surface area contributed by atoms with Crippen LogP contribution in [-0.2, 0) is 19.0 Å². The number of fused-ring (bicyclic) bond motifs is 2. The minimum absolute atomic E-state index is 0.0295. The molecule has 0 bridgehead atoms. The molecule has 0 unspecified atom stereocenters. The lowest BCUT2D eigenvalue weighted by atomic mass is 10.1. The van der Waals surface area contributed by atoms with Crippen molar-refractivity contribution in [3.63, 3.8) is 0 Å². The van der Waals surface area contributed by atoms with E-state index in [4.69, 9.17) is 0 Å². The van der Waals surface area contributed by atoms with Gasteiger partial charge < -0.3 is 4.57 Å². The SMILES string of the molecule is Cc1c(-n2ccn3c(SCc4nc5ccccc5n4C)nnc3c2=O)cccc1C(F)(F)F. The van der Waals surface area contributed by atoms with E-state index in [9.17, 15) is 18.0 Å². The zero-order chi connectivity index (χ0) is 23.3. The van der Waals surface area contributed by atoms with E-state index in [0.717, 1.165) is 27.5 Å². The van der Waals surface area contributed by atoms with E-state index in [-0.39, 0.29) is 16.9 Å². The summed E-state index contributed by atoms with van der Waals surface area (Å²) in [5.74, 6) is 1.34. The predicted molar refractivity (Wildman–Crippen MR) is 119 cm³/mol. The van der Waals surface area contributed by atoms with Crippen LogP contribution in [0.1, 0.15) is 17.0 Å². The zero-order valence-corrected chi connectivity index (χ0v) is 18.4. The molecule has 3 aromatic heterocycles. The van der Waals surface area contributed by atoms with Crippen LogP contribution in [0.4, 0.5) is 13.2 Å². The van der Waals surface area contributed by atoms with Crippen molar-refractivity contribution in [2.75, 3.05) is 0 Å². The van der Waals surface area contributed by atoms with Gasteiger partial charge in [0.25, 0.3) is 0 Å². The molecule has 3 heterocycles. The molecule has 0 aliphatic carbocycles. The third-order valence-corrected chi connectivity index (χ3v) is 6.46. The van der Waals surface area contributed by atoms with Crippen LogP contribution in [0.2, 0.25) is 0 Å². The summed E-state index contributed by atoms with van der Waals surface area (Å²) in [7, 11) is 1.93. The summed E-state index contributed by atoms with van der Waals surface area (Å²) in [6, 6.07) is 11.5. The number of para-hydroxylation sites is 2. The molecule has 7 nitrogen and oxygen atoms in total. The maximum atomic E-state index is 13.3. The Balaban J connectivity index is 1.49. The minimum atomic E-state index is -4.51. The van der Waals surface area contributed by atoms with Crippen molar-refractivity contribution < 1.29 is 13.2 Å². The topological polar surface area (TPSA) is 70.0 Å². The van der Waals surface area contributed by atoms with Crippen LogP contribution >= 0.6 is 11.8 Å². The lowest BCUT2D eigenvalue weighted by molar-refractivity contribution is -0.138. The van der Waals surface area contributed by atoms with Gasteiger partial charge in [0.2, 0.25) is 5.65 Å². The van der Waals surface area contributed by atoms with Crippen LogP contribution < -0.4 is 5.56 Å². The molecule has 0 amide bonds. The van der Waals surface area contributed by atoms with Gasteiger partial charge in [-0.2, -0.15) is 13.2 Å². The predicted octanol–water partition coefficient (Wildman–Crippen LogP) is 4.39. The Morgan fingerprint density at radius 1 is 1.03 bits per heavy atom. The van der Waals surface area contributed by atoms with Crippen molar-refractivity contribution >= 4 is 28.4 Å². The second-order valence-corrected chi connectivity index (χ2v) is 8.40. The molecular weight excluding hydrogens is 453 g/mol. The largest absolute Gasteiger partial charge is 0.416 e. The molecule has 0 radical (unpaired) electrons. The lowest BCUT2D eigenvalue weighted by Gasteiger charge is -2.15. The highest BCUT2D eigenvalue weighted by Gasteiger charge is 2.33. The molecular formula is C22H17F3N6OS. The molecule has 33 heavy (non-hydrogen) atoms. The number of aryl methyl sites for hydroxylation is 1. The third kappa shape index (κ3) is 3.58. The summed E-state index contributed by atoms with van der Waals surface area (Å²) in [6.45, 7) is 1.34. The summed E-state index contributed by atoms with van der Waals surface area (Å²) in [5.41, 5.74) is 0.706. The highest BCUT2D eigenvalue weighted by atomic mass is 32.2. The van der Waals surface area contributed by atoms with E-state index >= 15 is 0 Å². The van der Waals surface area contributed by atoms with Gasteiger partial charge in [-0.15, -0.1) is 10.2 Å². The zero-order valence-electron chi connectivity index (χ0n) is 17.5. The summed E-state index contributed by atoms with van der Waals surface area (Å²) >= 11 is 1.37. The van der Waals surface area contributed by atoms with Crippen LogP contribution in [0.15, 0.2) is 64.8 Å². The van der Waals surface area contributed by atoms with E-state index in [1.165, 1.54) is 41.4 Å². The second-order valence-electron chi connectivity index (χ2n) is 7.46. The van der Waals surface area contributed by atoms with E-state index in [1.54, 1.807) is 6.20 Å². The van der Waals surface area contributed by atoms with Gasteiger partial charge in [0.1, 0.15) is 5.82 Å². The van der Waals surface area contributed by atoms with Gasteiger partial charge in [-0.05, 0) is 36.8 Å². The summed E-state index contributed by atoms with van der Waals surface area (Å²) in [6.07, 6.45) is -1.50. The standard InChI is InChI=1S/C22H17F3N6OS/c1-13-14(22(23,24)25)6-5-9-16(13)30-10-11-31-19(20(30)32)27-28-21(31)33-12-18-26-15-7-3-4-8-17(15)29(18)2/h3-11H,12H2,1-2H3. The molecule has 5 rings (SSSR count). The van der Waals surface area contributed by atoms with Crippen LogP contribution in [0.25, 0.3) is 22.4 Å². The quantitative estimate of drug-likeness (QED) is 0.365. The van der Waals surface area contributed by atoms with E-state index in [0.29, 0.717) is 10.9 Å². The molecule has 0 fully saturated rings. The number of hydrogen-bond acceptors (Lipinski definition) is 5. The first-order valence-corrected chi connectivity index (χ1v) is 10.9. The first kappa shape index (κ1) is 21.3. The summed E-state index contributed by atoms with van der Waals surface area (Å²) < 4.78 is 44.6. The van der Waals surface area contributed by atoms with Gasteiger partial charge in [-0.25, -0.2) is 4.98 Å². The minimum Gasteiger partial charge on any atom is -0.330 e. The van der Waals surface area contributed by atoms with Gasteiger partial charge in [0.15, 0.2) is 5.16 Å². The van der Waals surface area contributed by atoms with Crippen molar-refractivity contribution in [3.05, 3.63) is 82.2 Å². The molecule has 0 aliphatic rings. The molecule has 0 atom stereocenters. The average Bonchev–Trinajstić information content (AvgIpc) is 3.34. The Labute approximate surface area is 189 Å². The normalized spacial score (nSPS) is 12.2. The first-order chi connectivity index (χ1) is 15.8. The smallest absolute Gasteiger partial charge is 0.330 e. The molecule has 168 valence electrons. The first-order valence-electron chi connectivity index (χ1n) is 9.92. The number of thioether (sulfide) groups is 1. The Bertz CT molecular complexity index is 1570. The Hall–Kier alpha value is -3.60. The number of nitrogens with zero attached hydrogens (tertiary/aromatic N) is 6. The molecule has 11 heteroatoms. The molecule has 2 aromatic carbocycles. The van der Waals surface area contributed by atoms with E-state index in [2.05, 4.69) is 15.2 Å². The van der Waals surface area contributed by atoms with Gasteiger partial charge in [-0.3, -0.25) is 13.8 Å². The summed E-state index contributed by atoms with van der Waals surface area (Å²) in [5, 5.41) is 8.59. The number of imidazole rings is 1. The monoisotopic (exact) mass is 470 g/mol. The van der Waals surface area contributed by atoms with E-state index < -0.39 is 17.3 Å². The fourth-order valence-corrected chi connectivity index (χ4v) is 4.70. The van der Waals surface area contributed by atoms with Gasteiger partial charge in [0.05, 0.1) is 28.0 Å². The molecule has 0 aliphatic heterocycles. The fraction of sp³-hybridized carbons (Fsp3) is 0.182. The van der Waals surface area contributed by atoms with Gasteiger partial charge in [-0.1, -0.05) is 30.0 Å². The van der Waals surface area contributed by atoms with Crippen LogP contribution in [0.5, 0.6) is 0 Å². The molecule has 0 N–H and O–H groups in total. The van der Waals surface area contributed by atoms with Crippen LogP contribution in [0.3, 0.4) is 0 Å². The van der Waals surface area contributed by atoms with Gasteiger partial charge >= 0.3 is 11.7 Å². The molecule has 0 spiro atoms. The second kappa shape index (κ2) is 7.77. The summed E-state index contributed by atoms with van der Waals surface area (Å²) in [4.78, 5) is 17.7. The number of benzene rings is 2. The molecule has 5 aromatic rings. The van der Waals surface area contributed by atoms with E-state index in [1.807, 2.05) is 35.9 Å². The number of rotatable bonds is 4. The highest BCUT2D eigenvalue weighted by Crippen LogP contribution is 2.33. The van der Waals surface area contributed by atoms with Crippen molar-refractivity contribution in [2.45, 2.75) is 24.0 Å². The number of hydrogen-bond donors (Lipinski definition) is 0. The molecule has 0 saturated carbocycles. The average molecular weight is 470 g/mol. The number of alkyl halides is 3. The Morgan fingerprint density at radius 3 is 2.58 bits per heavy atom. The third-order valence-electron chi connectivity index (χ3n) is 5.52. The molecule has 0 saturated heterocycles. The lowest BCUT2D eigenvalue weighted by Crippen LogP contribution is -2.22. The Kier molecular flexibility index (Phi) is 5.00. The maximum Gasteiger partial charge on any atom is 0.416 e. The maximum absolute atomic E-state index is 13.3. The van der Waals surface area contributed by atoms with Crippen molar-refractivity contribution in [1.29, 1.82) is 0 Å². The number of aromatic nitrogens is 6. The Morgan fingerprint density at radius 2 is 1.82 bits per heavy atom.